The second-order valence-electron chi connectivity index (χ2n) is 6.36. The Kier molecular flexibility index (Phi) is 7.13. The summed E-state index contributed by atoms with van der Waals surface area (Å²) < 4.78 is 0. The highest BCUT2D eigenvalue weighted by Gasteiger charge is 2.15. The van der Waals surface area contributed by atoms with Crippen LogP contribution in [0, 0.1) is 10.1 Å². The fourth-order valence-electron chi connectivity index (χ4n) is 2.63. The minimum absolute atomic E-state index is 0.0489. The third-order valence-corrected chi connectivity index (χ3v) is 5.05. The lowest BCUT2D eigenvalue weighted by atomic mass is 10.2. The third kappa shape index (κ3) is 6.25. The smallest absolute Gasteiger partial charge is 0.283 e. The molecule has 156 valence electrons. The molecule has 0 spiro atoms. The molecule has 0 aromatic heterocycles. The van der Waals surface area contributed by atoms with Gasteiger partial charge in [0.2, 0.25) is 5.91 Å². The van der Waals surface area contributed by atoms with Gasteiger partial charge in [0.25, 0.3) is 11.6 Å². The van der Waals surface area contributed by atoms with Gasteiger partial charge in [0.05, 0.1) is 16.0 Å². The first-order valence-electron chi connectivity index (χ1n) is 9.15. The Morgan fingerprint density at radius 3 is 2.52 bits per heavy atom. The summed E-state index contributed by atoms with van der Waals surface area (Å²) in [5.41, 5.74) is 3.59. The lowest BCUT2D eigenvalue weighted by Crippen LogP contribution is -2.18. The summed E-state index contributed by atoms with van der Waals surface area (Å²) in [6, 6.07) is 20.5. The molecule has 0 aliphatic heterocycles. The van der Waals surface area contributed by atoms with E-state index in [0.717, 1.165) is 4.90 Å². The van der Waals surface area contributed by atoms with Crippen LogP contribution >= 0.6 is 11.8 Å². The van der Waals surface area contributed by atoms with Crippen molar-refractivity contribution in [2.24, 2.45) is 5.10 Å². The molecule has 3 aromatic carbocycles. The van der Waals surface area contributed by atoms with E-state index in [2.05, 4.69) is 15.8 Å². The number of hydrogen-bond acceptors (Lipinski definition) is 6. The molecule has 0 atom stereocenters. The number of anilines is 1. The normalized spacial score (nSPS) is 10.6. The quantitative estimate of drug-likeness (QED) is 0.324. The maximum absolute atomic E-state index is 12.3. The van der Waals surface area contributed by atoms with Gasteiger partial charge < -0.3 is 5.32 Å². The molecule has 2 N–H and O–H groups in total. The van der Waals surface area contributed by atoms with Gasteiger partial charge >= 0.3 is 0 Å². The van der Waals surface area contributed by atoms with E-state index >= 15 is 0 Å². The van der Waals surface area contributed by atoms with Gasteiger partial charge in [0, 0.05) is 34.7 Å². The lowest BCUT2D eigenvalue weighted by Gasteiger charge is -2.05. The molecule has 3 rings (SSSR count). The Morgan fingerprint density at radius 1 is 1.03 bits per heavy atom. The highest BCUT2D eigenvalue weighted by Crippen LogP contribution is 2.34. The minimum Gasteiger partial charge on any atom is -0.326 e. The van der Waals surface area contributed by atoms with Crippen molar-refractivity contribution in [3.63, 3.8) is 0 Å². The van der Waals surface area contributed by atoms with E-state index in [1.165, 1.54) is 37.0 Å². The van der Waals surface area contributed by atoms with Crippen molar-refractivity contribution in [1.29, 1.82) is 0 Å². The van der Waals surface area contributed by atoms with Gasteiger partial charge in [-0.3, -0.25) is 19.7 Å². The molecular weight excluding hydrogens is 416 g/mol. The topological polar surface area (TPSA) is 114 Å². The van der Waals surface area contributed by atoms with Crippen molar-refractivity contribution in [3.05, 3.63) is 94.0 Å². The molecule has 0 heterocycles. The molecule has 0 fully saturated rings. The first-order valence-corrected chi connectivity index (χ1v) is 9.96. The highest BCUT2D eigenvalue weighted by molar-refractivity contribution is 7.99. The Labute approximate surface area is 182 Å². The zero-order chi connectivity index (χ0) is 22.2. The van der Waals surface area contributed by atoms with Crippen molar-refractivity contribution in [1.82, 2.24) is 5.43 Å². The SMILES string of the molecule is CC(=O)Nc1cccc(C(=O)NN=Cc2ccc(Sc3ccccc3)c([N+](=O)[O-])c2)c1. The molecule has 0 bridgehead atoms. The minimum atomic E-state index is -0.478. The van der Waals surface area contributed by atoms with Gasteiger partial charge in [-0.2, -0.15) is 5.10 Å². The van der Waals surface area contributed by atoms with Gasteiger partial charge in [-0.1, -0.05) is 42.1 Å². The number of carbonyl (C=O) groups excluding carboxylic acids is 2. The zero-order valence-corrected chi connectivity index (χ0v) is 17.3. The summed E-state index contributed by atoms with van der Waals surface area (Å²) >= 11 is 1.30. The Bertz CT molecular complexity index is 1150. The maximum Gasteiger partial charge on any atom is 0.283 e. The molecular formula is C22H18N4O4S. The van der Waals surface area contributed by atoms with E-state index in [0.29, 0.717) is 21.7 Å². The number of nitrogens with zero attached hydrogens (tertiary/aromatic N) is 2. The number of benzene rings is 3. The molecule has 0 saturated heterocycles. The van der Waals surface area contributed by atoms with Crippen LogP contribution in [-0.2, 0) is 4.79 Å². The van der Waals surface area contributed by atoms with Gasteiger partial charge in [-0.05, 0) is 36.4 Å². The second kappa shape index (κ2) is 10.2. The second-order valence-corrected chi connectivity index (χ2v) is 7.48. The van der Waals surface area contributed by atoms with Gasteiger partial charge in [0.1, 0.15) is 0 Å². The fraction of sp³-hybridized carbons (Fsp3) is 0.0455. The average Bonchev–Trinajstić information content (AvgIpc) is 2.75. The molecule has 3 aromatic rings. The third-order valence-electron chi connectivity index (χ3n) is 3.98. The summed E-state index contributed by atoms with van der Waals surface area (Å²) in [5.74, 6) is -0.722. The number of amides is 2. The molecule has 0 aliphatic rings. The van der Waals surface area contributed by atoms with Crippen LogP contribution < -0.4 is 10.7 Å². The van der Waals surface area contributed by atoms with E-state index in [1.54, 1.807) is 30.3 Å². The molecule has 2 amide bonds. The van der Waals surface area contributed by atoms with E-state index in [-0.39, 0.29) is 11.6 Å². The lowest BCUT2D eigenvalue weighted by molar-refractivity contribution is -0.387. The van der Waals surface area contributed by atoms with Crippen LogP contribution in [-0.4, -0.2) is 23.0 Å². The fourth-order valence-corrected chi connectivity index (χ4v) is 3.55. The molecule has 0 unspecified atom stereocenters. The number of hydrazone groups is 1. The van der Waals surface area contributed by atoms with Crippen molar-refractivity contribution in [2.45, 2.75) is 16.7 Å². The Hall–Kier alpha value is -3.98. The number of nitro groups is 1. The number of rotatable bonds is 7. The number of carbonyl (C=O) groups is 2. The molecule has 9 heteroatoms. The van der Waals surface area contributed by atoms with Gasteiger partial charge in [-0.15, -0.1) is 0 Å². The first-order chi connectivity index (χ1) is 14.9. The van der Waals surface area contributed by atoms with Crippen LogP contribution in [0.1, 0.15) is 22.8 Å². The largest absolute Gasteiger partial charge is 0.326 e. The van der Waals surface area contributed by atoms with Crippen molar-refractivity contribution >= 4 is 41.2 Å². The van der Waals surface area contributed by atoms with Crippen LogP contribution in [0.25, 0.3) is 0 Å². The number of hydrogen-bond donors (Lipinski definition) is 2. The van der Waals surface area contributed by atoms with Crippen molar-refractivity contribution < 1.29 is 14.5 Å². The van der Waals surface area contributed by atoms with Crippen LogP contribution in [0.3, 0.4) is 0 Å². The van der Waals surface area contributed by atoms with Crippen LogP contribution in [0.5, 0.6) is 0 Å². The summed E-state index contributed by atoms with van der Waals surface area (Å²) in [5, 5.41) is 18.0. The van der Waals surface area contributed by atoms with E-state index in [4.69, 9.17) is 0 Å². The summed E-state index contributed by atoms with van der Waals surface area (Å²) in [6.07, 6.45) is 1.33. The highest BCUT2D eigenvalue weighted by atomic mass is 32.2. The van der Waals surface area contributed by atoms with Crippen molar-refractivity contribution in [3.8, 4) is 0 Å². The molecule has 0 radical (unpaired) electrons. The Balaban J connectivity index is 1.70. The summed E-state index contributed by atoms with van der Waals surface area (Å²) in [4.78, 5) is 35.8. The van der Waals surface area contributed by atoms with E-state index < -0.39 is 10.8 Å². The number of nitro benzene ring substituents is 1. The monoisotopic (exact) mass is 434 g/mol. The molecule has 0 saturated carbocycles. The van der Waals surface area contributed by atoms with Gasteiger partial charge in [0.15, 0.2) is 0 Å². The first kappa shape index (κ1) is 21.7. The van der Waals surface area contributed by atoms with Crippen LogP contribution in [0.4, 0.5) is 11.4 Å². The summed E-state index contributed by atoms with van der Waals surface area (Å²) in [6.45, 7) is 1.37. The van der Waals surface area contributed by atoms with Crippen LogP contribution in [0.2, 0.25) is 0 Å². The average molecular weight is 434 g/mol. The van der Waals surface area contributed by atoms with Crippen molar-refractivity contribution in [2.75, 3.05) is 5.32 Å². The van der Waals surface area contributed by atoms with E-state index in [1.807, 2.05) is 30.3 Å². The van der Waals surface area contributed by atoms with E-state index in [9.17, 15) is 19.7 Å². The standard InChI is InChI=1S/C22H18N4O4S/c1-15(27)24-18-7-5-6-17(13-18)22(28)25-23-14-16-10-11-21(20(12-16)26(29)30)31-19-8-3-2-4-9-19/h2-14H,1H3,(H,24,27)(H,25,28). The Morgan fingerprint density at radius 2 is 1.81 bits per heavy atom. The molecule has 0 aliphatic carbocycles. The van der Waals surface area contributed by atoms with Crippen LogP contribution in [0.15, 0.2) is 87.7 Å². The number of nitrogens with one attached hydrogen (secondary N) is 2. The van der Waals surface area contributed by atoms with Gasteiger partial charge in [-0.25, -0.2) is 5.43 Å². The maximum atomic E-state index is 12.3. The molecule has 8 nitrogen and oxygen atoms in total. The zero-order valence-electron chi connectivity index (χ0n) is 16.4. The summed E-state index contributed by atoms with van der Waals surface area (Å²) in [7, 11) is 0. The predicted molar refractivity (Wildman–Crippen MR) is 119 cm³/mol. The molecule has 31 heavy (non-hydrogen) atoms. The predicted octanol–water partition coefficient (Wildman–Crippen LogP) is 4.47.